The van der Waals surface area contributed by atoms with Crippen molar-refractivity contribution in [2.75, 3.05) is 19.8 Å². The fraction of sp³-hybridized carbons (Fsp3) is 0.500. The highest BCUT2D eigenvalue weighted by Gasteiger charge is 2.18. The van der Waals surface area contributed by atoms with Gasteiger partial charge in [-0.05, 0) is 12.1 Å². The summed E-state index contributed by atoms with van der Waals surface area (Å²) in [6.45, 7) is 1.95. The molecule has 2 rings (SSSR count). The maximum atomic E-state index is 8.61. The monoisotopic (exact) mass is 254 g/mol. The molecule has 1 N–H and O–H groups in total. The summed E-state index contributed by atoms with van der Waals surface area (Å²) >= 11 is 3.70. The van der Waals surface area contributed by atoms with Crippen LogP contribution in [0.1, 0.15) is 16.2 Å². The minimum Gasteiger partial charge on any atom is -0.395 e. The predicted molar refractivity (Wildman–Crippen MR) is 68.8 cm³/mol. The van der Waals surface area contributed by atoms with Gasteiger partial charge in [-0.1, -0.05) is 11.8 Å². The summed E-state index contributed by atoms with van der Waals surface area (Å²) in [6.07, 6.45) is 0.557. The van der Waals surface area contributed by atoms with Gasteiger partial charge in [0.25, 0.3) is 0 Å². The first-order valence-corrected chi connectivity index (χ1v) is 7.13. The Balaban J connectivity index is 1.80. The Hall–Kier alpha value is -0.470. The van der Waals surface area contributed by atoms with Gasteiger partial charge in [0.05, 0.1) is 29.9 Å². The maximum absolute atomic E-state index is 8.61. The summed E-state index contributed by atoms with van der Waals surface area (Å²) in [7, 11) is 0. The second-order valence-electron chi connectivity index (χ2n) is 3.51. The van der Waals surface area contributed by atoms with E-state index in [1.54, 1.807) is 11.3 Å². The molecular formula is C12H14O2S2. The van der Waals surface area contributed by atoms with Crippen LogP contribution in [-0.4, -0.2) is 30.2 Å². The van der Waals surface area contributed by atoms with Gasteiger partial charge < -0.3 is 9.84 Å². The lowest BCUT2D eigenvalue weighted by Crippen LogP contribution is -2.30. The number of hydrogen-bond donors (Lipinski definition) is 1. The van der Waals surface area contributed by atoms with Crippen LogP contribution < -0.4 is 0 Å². The lowest BCUT2D eigenvalue weighted by atomic mass is 10.4. The van der Waals surface area contributed by atoms with Crippen LogP contribution in [0.25, 0.3) is 0 Å². The van der Waals surface area contributed by atoms with E-state index < -0.39 is 0 Å². The fourth-order valence-corrected chi connectivity index (χ4v) is 3.24. The second-order valence-corrected chi connectivity index (χ2v) is 5.97. The van der Waals surface area contributed by atoms with Gasteiger partial charge in [0, 0.05) is 17.1 Å². The van der Waals surface area contributed by atoms with Gasteiger partial charge in [-0.2, -0.15) is 0 Å². The molecular weight excluding hydrogens is 240 g/mol. The second kappa shape index (κ2) is 6.31. The molecule has 86 valence electrons. The van der Waals surface area contributed by atoms with Crippen molar-refractivity contribution in [1.82, 2.24) is 0 Å². The van der Waals surface area contributed by atoms with E-state index in [1.807, 2.05) is 11.8 Å². The fourth-order valence-electron chi connectivity index (χ4n) is 1.24. The number of aliphatic hydroxyl groups is 1. The Bertz CT molecular complexity index is 385. The molecule has 0 aromatic carbocycles. The molecule has 1 fully saturated rings. The summed E-state index contributed by atoms with van der Waals surface area (Å²) in [4.78, 5) is 2.46. The Kier molecular flexibility index (Phi) is 4.73. The molecule has 0 aliphatic carbocycles. The molecule has 2 nitrogen and oxygen atoms in total. The lowest BCUT2D eigenvalue weighted by molar-refractivity contribution is 0.0455. The third-order valence-corrected chi connectivity index (χ3v) is 4.58. The van der Waals surface area contributed by atoms with Crippen molar-refractivity contribution in [1.29, 1.82) is 0 Å². The highest BCUT2D eigenvalue weighted by atomic mass is 32.2. The van der Waals surface area contributed by atoms with E-state index >= 15 is 0 Å². The van der Waals surface area contributed by atoms with Crippen molar-refractivity contribution in [3.8, 4) is 11.8 Å². The Labute approximate surface area is 104 Å². The van der Waals surface area contributed by atoms with Crippen LogP contribution >= 0.6 is 23.1 Å². The van der Waals surface area contributed by atoms with Crippen LogP contribution in [0.5, 0.6) is 0 Å². The smallest absolute Gasteiger partial charge is 0.0771 e. The summed E-state index contributed by atoms with van der Waals surface area (Å²) in [5.41, 5.74) is 0. The Morgan fingerprint density at radius 3 is 3.06 bits per heavy atom. The van der Waals surface area contributed by atoms with Crippen LogP contribution in [0.4, 0.5) is 0 Å². The van der Waals surface area contributed by atoms with Crippen molar-refractivity contribution in [3.63, 3.8) is 0 Å². The van der Waals surface area contributed by atoms with Gasteiger partial charge in [-0.3, -0.25) is 0 Å². The zero-order chi connectivity index (χ0) is 11.2. The van der Waals surface area contributed by atoms with Crippen LogP contribution in [0.15, 0.2) is 12.1 Å². The molecule has 1 aromatic heterocycles. The van der Waals surface area contributed by atoms with Crippen molar-refractivity contribution >= 4 is 23.1 Å². The van der Waals surface area contributed by atoms with E-state index in [2.05, 4.69) is 24.0 Å². The number of thiophene rings is 1. The molecule has 16 heavy (non-hydrogen) atoms. The van der Waals surface area contributed by atoms with Crippen molar-refractivity contribution in [3.05, 3.63) is 21.9 Å². The first-order chi connectivity index (χ1) is 7.88. The van der Waals surface area contributed by atoms with Gasteiger partial charge in [0.1, 0.15) is 0 Å². The van der Waals surface area contributed by atoms with Crippen molar-refractivity contribution in [2.24, 2.45) is 0 Å². The molecule has 0 unspecified atom stereocenters. The number of thioether (sulfide) groups is 1. The van der Waals surface area contributed by atoms with Gasteiger partial charge in [0.2, 0.25) is 0 Å². The minimum atomic E-state index is 0.142. The molecule has 0 radical (unpaired) electrons. The Morgan fingerprint density at radius 1 is 1.50 bits per heavy atom. The quantitative estimate of drug-likeness (QED) is 0.835. The highest BCUT2D eigenvalue weighted by molar-refractivity contribution is 7.99. The molecule has 0 spiro atoms. The third-order valence-electron chi connectivity index (χ3n) is 2.18. The zero-order valence-electron chi connectivity index (χ0n) is 8.94. The van der Waals surface area contributed by atoms with E-state index in [4.69, 9.17) is 9.84 Å². The van der Waals surface area contributed by atoms with E-state index in [-0.39, 0.29) is 6.61 Å². The van der Waals surface area contributed by atoms with E-state index in [0.29, 0.717) is 11.7 Å². The molecule has 0 saturated carbocycles. The molecule has 2 heterocycles. The SMILES string of the molecule is OCCC#Cc1ccc(CSC2COC2)s1. The summed E-state index contributed by atoms with van der Waals surface area (Å²) in [5.74, 6) is 7.05. The van der Waals surface area contributed by atoms with E-state index in [1.165, 1.54) is 4.88 Å². The molecule has 1 saturated heterocycles. The van der Waals surface area contributed by atoms with Crippen LogP contribution in [0.2, 0.25) is 0 Å². The van der Waals surface area contributed by atoms with Crippen molar-refractivity contribution < 1.29 is 9.84 Å². The molecule has 1 aliphatic rings. The Morgan fingerprint density at radius 2 is 2.38 bits per heavy atom. The molecule has 1 aromatic rings. The first-order valence-electron chi connectivity index (χ1n) is 5.26. The summed E-state index contributed by atoms with van der Waals surface area (Å²) < 4.78 is 5.13. The highest BCUT2D eigenvalue weighted by Crippen LogP contribution is 2.26. The van der Waals surface area contributed by atoms with E-state index in [9.17, 15) is 0 Å². The van der Waals surface area contributed by atoms with Crippen LogP contribution in [0.3, 0.4) is 0 Å². The normalized spacial score (nSPS) is 15.3. The van der Waals surface area contributed by atoms with Crippen LogP contribution in [-0.2, 0) is 10.5 Å². The topological polar surface area (TPSA) is 29.5 Å². The molecule has 4 heteroatoms. The molecule has 0 atom stereocenters. The predicted octanol–water partition coefficient (Wildman–Crippen LogP) is 2.11. The van der Waals surface area contributed by atoms with Gasteiger partial charge in [0.15, 0.2) is 0 Å². The summed E-state index contributed by atoms with van der Waals surface area (Å²) in [5, 5.41) is 9.30. The molecule has 1 aliphatic heterocycles. The summed E-state index contributed by atoms with van der Waals surface area (Å²) in [6, 6.07) is 4.20. The number of aliphatic hydroxyl groups excluding tert-OH is 1. The average Bonchev–Trinajstić information content (AvgIpc) is 2.64. The van der Waals surface area contributed by atoms with Gasteiger partial charge in [-0.15, -0.1) is 23.1 Å². The standard InChI is InChI=1S/C12H14O2S2/c13-6-2-1-3-10-4-5-11(16-10)9-15-12-7-14-8-12/h4-5,12-13H,2,6-9H2. The largest absolute Gasteiger partial charge is 0.395 e. The third kappa shape index (κ3) is 3.53. The van der Waals surface area contributed by atoms with Crippen LogP contribution in [0, 0.1) is 11.8 Å². The maximum Gasteiger partial charge on any atom is 0.0771 e. The molecule has 0 bridgehead atoms. The number of rotatable bonds is 4. The zero-order valence-corrected chi connectivity index (χ0v) is 10.6. The minimum absolute atomic E-state index is 0.142. The number of ether oxygens (including phenoxy) is 1. The van der Waals surface area contributed by atoms with Gasteiger partial charge >= 0.3 is 0 Å². The first kappa shape index (κ1) is 12.0. The molecule has 0 amide bonds. The van der Waals surface area contributed by atoms with E-state index in [0.717, 1.165) is 23.8 Å². The van der Waals surface area contributed by atoms with Gasteiger partial charge in [-0.25, -0.2) is 0 Å². The lowest BCUT2D eigenvalue weighted by Gasteiger charge is -2.24. The average molecular weight is 254 g/mol. The van der Waals surface area contributed by atoms with Crippen molar-refractivity contribution in [2.45, 2.75) is 17.4 Å². The number of hydrogen-bond acceptors (Lipinski definition) is 4.